The van der Waals surface area contributed by atoms with Crippen LogP contribution >= 0.6 is 0 Å². The summed E-state index contributed by atoms with van der Waals surface area (Å²) in [5.74, 6) is 0.787. The van der Waals surface area contributed by atoms with Crippen molar-refractivity contribution in [1.82, 2.24) is 19.7 Å². The summed E-state index contributed by atoms with van der Waals surface area (Å²) in [6.07, 6.45) is 3.61. The maximum Gasteiger partial charge on any atom is 0.161 e. The van der Waals surface area contributed by atoms with E-state index in [2.05, 4.69) is 28.9 Å². The predicted octanol–water partition coefficient (Wildman–Crippen LogP) is 1.72. The Balaban J connectivity index is 2.71. The molecule has 0 saturated heterocycles. The molecular formula is C9H12N4. The Morgan fingerprint density at radius 2 is 2.08 bits per heavy atom. The molecule has 0 unspecified atom stereocenters. The van der Waals surface area contributed by atoms with Gasteiger partial charge < -0.3 is 0 Å². The van der Waals surface area contributed by atoms with E-state index < -0.39 is 0 Å². The molecule has 0 spiro atoms. The van der Waals surface area contributed by atoms with Gasteiger partial charge in [-0.3, -0.25) is 0 Å². The zero-order valence-corrected chi connectivity index (χ0v) is 8.02. The van der Waals surface area contributed by atoms with Crippen LogP contribution in [0.15, 0.2) is 12.4 Å². The fraction of sp³-hybridized carbons (Fsp3) is 0.444. The lowest BCUT2D eigenvalue weighted by atomic mass is 10.4. The van der Waals surface area contributed by atoms with Crippen molar-refractivity contribution in [3.63, 3.8) is 0 Å². The van der Waals surface area contributed by atoms with Gasteiger partial charge in [-0.25, -0.2) is 14.6 Å². The molecule has 0 N–H and O–H groups in total. The first-order valence-electron chi connectivity index (χ1n) is 4.35. The van der Waals surface area contributed by atoms with E-state index in [1.54, 1.807) is 6.20 Å². The standard InChI is InChI=1S/C9H12N4/c1-6(2)13-9-8(5-11-13)4-10-7(3)12-9/h4-6H,1-3H3. The van der Waals surface area contributed by atoms with E-state index >= 15 is 0 Å². The van der Waals surface area contributed by atoms with Crippen molar-refractivity contribution in [3.05, 3.63) is 18.2 Å². The van der Waals surface area contributed by atoms with Crippen molar-refractivity contribution in [1.29, 1.82) is 0 Å². The Hall–Kier alpha value is -1.45. The minimum Gasteiger partial charge on any atom is -0.245 e. The molecule has 13 heavy (non-hydrogen) atoms. The summed E-state index contributed by atoms with van der Waals surface area (Å²) < 4.78 is 1.91. The second kappa shape index (κ2) is 2.80. The fourth-order valence-electron chi connectivity index (χ4n) is 1.30. The molecule has 0 radical (unpaired) electrons. The minimum absolute atomic E-state index is 0.340. The molecule has 0 amide bonds. The van der Waals surface area contributed by atoms with E-state index in [-0.39, 0.29) is 0 Å². The second-order valence-corrected chi connectivity index (χ2v) is 3.38. The SMILES string of the molecule is Cc1ncc2cnn(C(C)C)c2n1. The largest absolute Gasteiger partial charge is 0.245 e. The van der Waals surface area contributed by atoms with Gasteiger partial charge in [0.15, 0.2) is 5.65 Å². The Morgan fingerprint density at radius 1 is 1.31 bits per heavy atom. The molecular weight excluding hydrogens is 164 g/mol. The zero-order valence-electron chi connectivity index (χ0n) is 8.02. The quantitative estimate of drug-likeness (QED) is 0.664. The lowest BCUT2D eigenvalue weighted by Crippen LogP contribution is -2.03. The summed E-state index contributed by atoms with van der Waals surface area (Å²) in [4.78, 5) is 8.46. The Labute approximate surface area is 76.6 Å². The molecule has 0 aliphatic rings. The Morgan fingerprint density at radius 3 is 2.77 bits per heavy atom. The molecule has 0 fully saturated rings. The molecule has 68 valence electrons. The van der Waals surface area contributed by atoms with Gasteiger partial charge in [-0.1, -0.05) is 0 Å². The van der Waals surface area contributed by atoms with Gasteiger partial charge in [0.05, 0.1) is 11.6 Å². The summed E-state index contributed by atoms with van der Waals surface area (Å²) in [6.45, 7) is 6.06. The van der Waals surface area contributed by atoms with Crippen molar-refractivity contribution in [2.45, 2.75) is 26.8 Å². The normalized spacial score (nSPS) is 11.4. The molecule has 4 heteroatoms. The van der Waals surface area contributed by atoms with E-state index in [9.17, 15) is 0 Å². The van der Waals surface area contributed by atoms with Crippen LogP contribution in [0.5, 0.6) is 0 Å². The Bertz CT molecular complexity index is 430. The van der Waals surface area contributed by atoms with Gasteiger partial charge in [0.1, 0.15) is 5.82 Å². The van der Waals surface area contributed by atoms with Crippen LogP contribution in [0.4, 0.5) is 0 Å². The third kappa shape index (κ3) is 1.28. The van der Waals surface area contributed by atoms with Crippen LogP contribution in [-0.4, -0.2) is 19.7 Å². The number of aryl methyl sites for hydroxylation is 1. The van der Waals surface area contributed by atoms with Gasteiger partial charge in [0.25, 0.3) is 0 Å². The van der Waals surface area contributed by atoms with Gasteiger partial charge in [0, 0.05) is 12.2 Å². The first-order valence-corrected chi connectivity index (χ1v) is 4.35. The molecule has 2 heterocycles. The molecule has 0 atom stereocenters. The number of fused-ring (bicyclic) bond motifs is 1. The van der Waals surface area contributed by atoms with Crippen LogP contribution in [0.3, 0.4) is 0 Å². The molecule has 2 rings (SSSR count). The number of hydrogen-bond acceptors (Lipinski definition) is 3. The summed E-state index contributed by atoms with van der Waals surface area (Å²) in [5, 5.41) is 5.25. The number of aromatic nitrogens is 4. The van der Waals surface area contributed by atoms with E-state index in [0.717, 1.165) is 16.9 Å². The van der Waals surface area contributed by atoms with Crippen LogP contribution < -0.4 is 0 Å². The van der Waals surface area contributed by atoms with Crippen LogP contribution in [0.25, 0.3) is 11.0 Å². The van der Waals surface area contributed by atoms with Gasteiger partial charge in [-0.2, -0.15) is 5.10 Å². The van der Waals surface area contributed by atoms with E-state index in [1.807, 2.05) is 17.8 Å². The maximum absolute atomic E-state index is 4.35. The highest BCUT2D eigenvalue weighted by Gasteiger charge is 2.06. The van der Waals surface area contributed by atoms with Crippen molar-refractivity contribution in [3.8, 4) is 0 Å². The van der Waals surface area contributed by atoms with Crippen LogP contribution in [-0.2, 0) is 0 Å². The maximum atomic E-state index is 4.35. The molecule has 0 aliphatic carbocycles. The monoisotopic (exact) mass is 176 g/mol. The molecule has 0 aliphatic heterocycles. The molecule has 0 aromatic carbocycles. The molecule has 2 aromatic heterocycles. The van der Waals surface area contributed by atoms with Crippen molar-refractivity contribution >= 4 is 11.0 Å². The summed E-state index contributed by atoms with van der Waals surface area (Å²) in [6, 6.07) is 0.340. The number of hydrogen-bond donors (Lipinski definition) is 0. The lowest BCUT2D eigenvalue weighted by Gasteiger charge is -2.05. The highest BCUT2D eigenvalue weighted by Crippen LogP contribution is 2.13. The van der Waals surface area contributed by atoms with Crippen LogP contribution in [0, 0.1) is 6.92 Å². The zero-order chi connectivity index (χ0) is 9.42. The molecule has 0 saturated carbocycles. The summed E-state index contributed by atoms with van der Waals surface area (Å²) in [5.41, 5.74) is 0.919. The molecule has 0 bridgehead atoms. The summed E-state index contributed by atoms with van der Waals surface area (Å²) >= 11 is 0. The number of rotatable bonds is 1. The minimum atomic E-state index is 0.340. The Kier molecular flexibility index (Phi) is 1.76. The van der Waals surface area contributed by atoms with E-state index in [4.69, 9.17) is 0 Å². The number of nitrogens with zero attached hydrogens (tertiary/aromatic N) is 4. The highest BCUT2D eigenvalue weighted by atomic mass is 15.3. The van der Waals surface area contributed by atoms with Gasteiger partial charge in [-0.05, 0) is 20.8 Å². The van der Waals surface area contributed by atoms with Gasteiger partial charge >= 0.3 is 0 Å². The van der Waals surface area contributed by atoms with Crippen LogP contribution in [0.2, 0.25) is 0 Å². The lowest BCUT2D eigenvalue weighted by molar-refractivity contribution is 0.546. The smallest absolute Gasteiger partial charge is 0.161 e. The third-order valence-corrected chi connectivity index (χ3v) is 1.94. The second-order valence-electron chi connectivity index (χ2n) is 3.38. The van der Waals surface area contributed by atoms with Crippen molar-refractivity contribution < 1.29 is 0 Å². The summed E-state index contributed by atoms with van der Waals surface area (Å²) in [7, 11) is 0. The first-order chi connectivity index (χ1) is 6.18. The fourth-order valence-corrected chi connectivity index (χ4v) is 1.30. The van der Waals surface area contributed by atoms with Gasteiger partial charge in [-0.15, -0.1) is 0 Å². The predicted molar refractivity (Wildman–Crippen MR) is 50.4 cm³/mol. The highest BCUT2D eigenvalue weighted by molar-refractivity contribution is 5.73. The average Bonchev–Trinajstić information content (AvgIpc) is 2.46. The van der Waals surface area contributed by atoms with Crippen molar-refractivity contribution in [2.75, 3.05) is 0 Å². The van der Waals surface area contributed by atoms with Crippen LogP contribution in [0.1, 0.15) is 25.7 Å². The third-order valence-electron chi connectivity index (χ3n) is 1.94. The first kappa shape index (κ1) is 8.16. The average molecular weight is 176 g/mol. The van der Waals surface area contributed by atoms with Gasteiger partial charge in [0.2, 0.25) is 0 Å². The molecule has 2 aromatic rings. The molecule has 4 nitrogen and oxygen atoms in total. The van der Waals surface area contributed by atoms with Crippen molar-refractivity contribution in [2.24, 2.45) is 0 Å². The van der Waals surface area contributed by atoms with E-state index in [0.29, 0.717) is 6.04 Å². The van der Waals surface area contributed by atoms with E-state index in [1.165, 1.54) is 0 Å². The topological polar surface area (TPSA) is 43.6 Å².